The van der Waals surface area contributed by atoms with Crippen LogP contribution >= 0.6 is 0 Å². The standard InChI is InChI=1S/C28H32N2O3/c1-21(2)18-26(30-29-25(19-31)20-32)27(33)28(22-12-6-3-7-13-22,23-14-8-4-9-15-23)24-16-10-5-11-17-24/h3-17,19,21,25-26,29-30,32H,18,20H2,1-2H3/t25-,26+/m1/s1. The zero-order chi connectivity index (χ0) is 23.7. The number of hydrazine groups is 1. The summed E-state index contributed by atoms with van der Waals surface area (Å²) in [4.78, 5) is 25.9. The molecule has 0 heterocycles. The summed E-state index contributed by atoms with van der Waals surface area (Å²) in [6, 6.07) is 28.0. The van der Waals surface area contributed by atoms with Gasteiger partial charge in [-0.25, -0.2) is 10.9 Å². The van der Waals surface area contributed by atoms with Crippen LogP contribution in [0.4, 0.5) is 0 Å². The van der Waals surface area contributed by atoms with E-state index >= 15 is 0 Å². The predicted molar refractivity (Wildman–Crippen MR) is 131 cm³/mol. The van der Waals surface area contributed by atoms with E-state index in [0.29, 0.717) is 12.7 Å². The predicted octanol–water partition coefficient (Wildman–Crippen LogP) is 3.66. The second-order valence-corrected chi connectivity index (χ2v) is 8.61. The maximum atomic E-state index is 14.6. The molecule has 0 unspecified atom stereocenters. The van der Waals surface area contributed by atoms with Crippen molar-refractivity contribution in [3.05, 3.63) is 108 Å². The third kappa shape index (κ3) is 5.45. The van der Waals surface area contributed by atoms with Crippen LogP contribution in [0.3, 0.4) is 0 Å². The average Bonchev–Trinajstić information content (AvgIpc) is 2.86. The monoisotopic (exact) mass is 444 g/mol. The molecule has 5 heteroatoms. The quantitative estimate of drug-likeness (QED) is 0.226. The molecule has 0 saturated carbocycles. The van der Waals surface area contributed by atoms with Gasteiger partial charge >= 0.3 is 0 Å². The van der Waals surface area contributed by atoms with Crippen molar-refractivity contribution in [3.8, 4) is 0 Å². The highest BCUT2D eigenvalue weighted by molar-refractivity contribution is 6.01. The molecule has 0 bridgehead atoms. The number of nitrogens with one attached hydrogen (secondary N) is 2. The van der Waals surface area contributed by atoms with Crippen molar-refractivity contribution in [1.82, 2.24) is 10.9 Å². The van der Waals surface area contributed by atoms with Crippen LogP contribution in [0.2, 0.25) is 0 Å². The van der Waals surface area contributed by atoms with Crippen LogP contribution in [0.15, 0.2) is 91.0 Å². The van der Waals surface area contributed by atoms with Crippen LogP contribution < -0.4 is 10.9 Å². The molecule has 0 amide bonds. The Morgan fingerprint density at radius 1 is 0.818 bits per heavy atom. The number of aliphatic hydroxyl groups is 1. The van der Waals surface area contributed by atoms with Gasteiger partial charge in [-0.1, -0.05) is 105 Å². The number of hydrogen-bond donors (Lipinski definition) is 3. The zero-order valence-electron chi connectivity index (χ0n) is 19.1. The molecule has 33 heavy (non-hydrogen) atoms. The SMILES string of the molecule is CC(C)C[C@H](NN[C@H](C=O)CO)C(=O)C(c1ccccc1)(c1ccccc1)c1ccccc1. The molecule has 5 nitrogen and oxygen atoms in total. The highest BCUT2D eigenvalue weighted by Gasteiger charge is 2.46. The number of carbonyl (C=O) groups is 2. The Bertz CT molecular complexity index is 910. The third-order valence-electron chi connectivity index (χ3n) is 5.82. The van der Waals surface area contributed by atoms with Gasteiger partial charge in [0.25, 0.3) is 0 Å². The van der Waals surface area contributed by atoms with Crippen LogP contribution in [0.5, 0.6) is 0 Å². The van der Waals surface area contributed by atoms with Crippen LogP contribution in [0.25, 0.3) is 0 Å². The Labute approximate surface area is 195 Å². The first kappa shape index (κ1) is 24.5. The second-order valence-electron chi connectivity index (χ2n) is 8.61. The number of aliphatic hydroxyl groups excluding tert-OH is 1. The first-order valence-corrected chi connectivity index (χ1v) is 11.3. The normalized spacial score (nSPS) is 13.5. The maximum Gasteiger partial charge on any atom is 0.170 e. The average molecular weight is 445 g/mol. The molecule has 3 rings (SSSR count). The molecule has 3 aromatic carbocycles. The summed E-state index contributed by atoms with van der Waals surface area (Å²) in [6.45, 7) is 3.75. The van der Waals surface area contributed by atoms with E-state index in [2.05, 4.69) is 24.7 Å². The largest absolute Gasteiger partial charge is 0.394 e. The molecule has 0 aliphatic rings. The summed E-state index contributed by atoms with van der Waals surface area (Å²) >= 11 is 0. The van der Waals surface area contributed by atoms with E-state index in [1.54, 1.807) is 0 Å². The minimum atomic E-state index is -1.06. The Morgan fingerprint density at radius 2 is 1.24 bits per heavy atom. The van der Waals surface area contributed by atoms with Gasteiger partial charge in [-0.3, -0.25) is 4.79 Å². The first-order chi connectivity index (χ1) is 16.0. The van der Waals surface area contributed by atoms with Gasteiger partial charge in [-0.05, 0) is 29.0 Å². The van der Waals surface area contributed by atoms with Crippen molar-refractivity contribution in [2.75, 3.05) is 6.61 Å². The maximum absolute atomic E-state index is 14.6. The van der Waals surface area contributed by atoms with Crippen molar-refractivity contribution >= 4 is 12.1 Å². The molecule has 0 aromatic heterocycles. The fourth-order valence-electron chi connectivity index (χ4n) is 4.29. The smallest absolute Gasteiger partial charge is 0.170 e. The van der Waals surface area contributed by atoms with E-state index < -0.39 is 17.5 Å². The van der Waals surface area contributed by atoms with Gasteiger partial charge in [0.05, 0.1) is 18.7 Å². The van der Waals surface area contributed by atoms with Crippen molar-refractivity contribution in [3.63, 3.8) is 0 Å². The number of hydrogen-bond acceptors (Lipinski definition) is 5. The van der Waals surface area contributed by atoms with Gasteiger partial charge in [-0.15, -0.1) is 0 Å². The highest BCUT2D eigenvalue weighted by atomic mass is 16.3. The summed E-state index contributed by atoms with van der Waals surface area (Å²) in [5, 5.41) is 9.43. The third-order valence-corrected chi connectivity index (χ3v) is 5.82. The molecular formula is C28H32N2O3. The number of ketones is 1. The fourth-order valence-corrected chi connectivity index (χ4v) is 4.29. The molecule has 3 N–H and O–H groups in total. The van der Waals surface area contributed by atoms with Crippen LogP contribution in [0.1, 0.15) is 37.0 Å². The minimum Gasteiger partial charge on any atom is -0.394 e. The second kappa shape index (κ2) is 11.7. The van der Waals surface area contributed by atoms with Gasteiger partial charge in [-0.2, -0.15) is 0 Å². The molecule has 0 aliphatic heterocycles. The van der Waals surface area contributed by atoms with Gasteiger partial charge in [0.15, 0.2) is 5.78 Å². The summed E-state index contributed by atoms with van der Waals surface area (Å²) in [5.41, 5.74) is 7.47. The molecule has 2 atom stereocenters. The van der Waals surface area contributed by atoms with Crippen LogP contribution in [0, 0.1) is 5.92 Å². The first-order valence-electron chi connectivity index (χ1n) is 11.3. The van der Waals surface area contributed by atoms with E-state index in [1.807, 2.05) is 91.0 Å². The molecular weight excluding hydrogens is 412 g/mol. The topological polar surface area (TPSA) is 78.4 Å². The van der Waals surface area contributed by atoms with Gasteiger partial charge < -0.3 is 9.90 Å². The lowest BCUT2D eigenvalue weighted by molar-refractivity contribution is -0.125. The number of carbonyl (C=O) groups excluding carboxylic acids is 2. The molecule has 0 saturated heterocycles. The number of rotatable bonds is 12. The molecule has 0 radical (unpaired) electrons. The van der Waals surface area contributed by atoms with Crippen molar-refractivity contribution in [2.45, 2.75) is 37.8 Å². The van der Waals surface area contributed by atoms with E-state index in [9.17, 15) is 14.7 Å². The fraction of sp³-hybridized carbons (Fsp3) is 0.286. The summed E-state index contributed by atoms with van der Waals surface area (Å²) in [7, 11) is 0. The zero-order valence-corrected chi connectivity index (χ0v) is 19.1. The summed E-state index contributed by atoms with van der Waals surface area (Å²) in [6.07, 6.45) is 1.18. The molecule has 172 valence electrons. The minimum absolute atomic E-state index is 0.0325. The van der Waals surface area contributed by atoms with E-state index in [0.717, 1.165) is 16.7 Å². The van der Waals surface area contributed by atoms with Gasteiger partial charge in [0.1, 0.15) is 11.7 Å². The Hall–Kier alpha value is -3.12. The lowest BCUT2D eigenvalue weighted by Gasteiger charge is -2.38. The number of benzene rings is 3. The molecule has 0 fully saturated rings. The lowest BCUT2D eigenvalue weighted by Crippen LogP contribution is -2.57. The van der Waals surface area contributed by atoms with Crippen LogP contribution in [-0.2, 0) is 15.0 Å². The Morgan fingerprint density at radius 3 is 1.58 bits per heavy atom. The molecule has 0 aliphatic carbocycles. The number of aldehydes is 1. The van der Waals surface area contributed by atoms with Gasteiger partial charge in [0.2, 0.25) is 0 Å². The molecule has 0 spiro atoms. The molecule has 3 aromatic rings. The lowest BCUT2D eigenvalue weighted by atomic mass is 9.64. The number of Topliss-reactive ketones (excluding diaryl/α,β-unsaturated/α-hetero) is 1. The van der Waals surface area contributed by atoms with Crippen molar-refractivity contribution in [1.29, 1.82) is 0 Å². The van der Waals surface area contributed by atoms with Crippen molar-refractivity contribution in [2.24, 2.45) is 5.92 Å². The van der Waals surface area contributed by atoms with Crippen molar-refractivity contribution < 1.29 is 14.7 Å². The van der Waals surface area contributed by atoms with E-state index in [1.165, 1.54) is 0 Å². The van der Waals surface area contributed by atoms with E-state index in [4.69, 9.17) is 0 Å². The van der Waals surface area contributed by atoms with Crippen LogP contribution in [-0.4, -0.2) is 35.9 Å². The van der Waals surface area contributed by atoms with Gasteiger partial charge in [0, 0.05) is 0 Å². The Kier molecular flexibility index (Phi) is 8.66. The highest BCUT2D eigenvalue weighted by Crippen LogP contribution is 2.41. The Balaban J connectivity index is 2.22. The van der Waals surface area contributed by atoms with E-state index in [-0.39, 0.29) is 18.3 Å². The summed E-state index contributed by atoms with van der Waals surface area (Å²) < 4.78 is 0. The summed E-state index contributed by atoms with van der Waals surface area (Å²) in [5.74, 6) is 0.187.